The lowest BCUT2D eigenvalue weighted by atomic mass is 9.78. The number of carbonyl (C=O) groups excluding carboxylic acids is 2. The third-order valence-corrected chi connectivity index (χ3v) is 8.41. The predicted octanol–water partition coefficient (Wildman–Crippen LogP) is 3.47. The summed E-state index contributed by atoms with van der Waals surface area (Å²) in [7, 11) is -3.84. The van der Waals surface area contributed by atoms with E-state index < -0.39 is 22.6 Å². The summed E-state index contributed by atoms with van der Waals surface area (Å²) < 4.78 is 31.9. The summed E-state index contributed by atoms with van der Waals surface area (Å²) in [4.78, 5) is 24.5. The van der Waals surface area contributed by atoms with Gasteiger partial charge in [-0.15, -0.1) is 0 Å². The number of hydrogen-bond acceptors (Lipinski definition) is 5. The topological polar surface area (TPSA) is 92.8 Å². The minimum Gasteiger partial charge on any atom is -0.452 e. The van der Waals surface area contributed by atoms with Gasteiger partial charge in [-0.2, -0.15) is 4.31 Å². The molecule has 168 valence electrons. The quantitative estimate of drug-likeness (QED) is 0.602. The van der Waals surface area contributed by atoms with Crippen LogP contribution in [0.5, 0.6) is 0 Å². The molecule has 1 fully saturated rings. The zero-order valence-electron chi connectivity index (χ0n) is 18.0. The summed E-state index contributed by atoms with van der Waals surface area (Å²) in [5.74, 6) is -0.239. The normalized spacial score (nSPS) is 22.0. The monoisotopic (exact) mass is 458 g/mol. The van der Waals surface area contributed by atoms with E-state index in [1.54, 1.807) is 13.8 Å². The van der Waals surface area contributed by atoms with Gasteiger partial charge in [0, 0.05) is 19.1 Å². The molecular weight excluding hydrogens is 428 g/mol. The Kier molecular flexibility index (Phi) is 8.70. The second kappa shape index (κ2) is 10.6. The number of esters is 1. The summed E-state index contributed by atoms with van der Waals surface area (Å²) in [6.07, 6.45) is 3.12. The Hall–Kier alpha value is -1.64. The van der Waals surface area contributed by atoms with Gasteiger partial charge in [0.2, 0.25) is 10.0 Å². The first-order chi connectivity index (χ1) is 14.1. The Balaban J connectivity index is 2.04. The van der Waals surface area contributed by atoms with Gasteiger partial charge >= 0.3 is 5.97 Å². The number of ether oxygens (including phenoxy) is 1. The van der Waals surface area contributed by atoms with Crippen LogP contribution < -0.4 is 5.32 Å². The highest BCUT2D eigenvalue weighted by Crippen LogP contribution is 2.29. The lowest BCUT2D eigenvalue weighted by molar-refractivity contribution is -0.125. The molecule has 1 aliphatic rings. The lowest BCUT2D eigenvalue weighted by Gasteiger charge is -2.34. The van der Waals surface area contributed by atoms with Crippen molar-refractivity contribution in [2.45, 2.75) is 57.9 Å². The first kappa shape index (κ1) is 24.6. The van der Waals surface area contributed by atoms with Gasteiger partial charge in [0.1, 0.15) is 4.90 Å². The van der Waals surface area contributed by atoms with Crippen LogP contribution in [0.2, 0.25) is 5.02 Å². The Bertz CT molecular complexity index is 870. The molecule has 0 spiro atoms. The van der Waals surface area contributed by atoms with E-state index in [9.17, 15) is 18.0 Å². The number of sulfonamides is 1. The van der Waals surface area contributed by atoms with Crippen LogP contribution in [0.15, 0.2) is 23.1 Å². The Morgan fingerprint density at radius 2 is 1.87 bits per heavy atom. The predicted molar refractivity (Wildman–Crippen MR) is 116 cm³/mol. The van der Waals surface area contributed by atoms with Crippen molar-refractivity contribution >= 4 is 33.5 Å². The smallest absolute Gasteiger partial charge is 0.338 e. The molecule has 1 aromatic carbocycles. The summed E-state index contributed by atoms with van der Waals surface area (Å²) in [5.41, 5.74) is 0.0255. The maximum absolute atomic E-state index is 12.8. The number of halogens is 1. The molecule has 1 aromatic rings. The van der Waals surface area contributed by atoms with Crippen LogP contribution in [0, 0.1) is 11.8 Å². The van der Waals surface area contributed by atoms with E-state index >= 15 is 0 Å². The van der Waals surface area contributed by atoms with Gasteiger partial charge < -0.3 is 10.1 Å². The van der Waals surface area contributed by atoms with Crippen LogP contribution in [0.3, 0.4) is 0 Å². The van der Waals surface area contributed by atoms with Crippen molar-refractivity contribution in [2.24, 2.45) is 11.8 Å². The fourth-order valence-corrected chi connectivity index (χ4v) is 5.74. The number of amides is 1. The average molecular weight is 459 g/mol. The molecular formula is C21H31ClN2O5S. The zero-order valence-corrected chi connectivity index (χ0v) is 19.6. The molecule has 9 heteroatoms. The molecule has 2 rings (SSSR count). The molecule has 0 unspecified atom stereocenters. The van der Waals surface area contributed by atoms with Crippen LogP contribution in [0.1, 0.15) is 57.3 Å². The molecule has 0 radical (unpaired) electrons. The summed E-state index contributed by atoms with van der Waals surface area (Å²) in [6, 6.07) is 4.00. The van der Waals surface area contributed by atoms with Crippen molar-refractivity contribution < 1.29 is 22.7 Å². The molecule has 30 heavy (non-hydrogen) atoms. The largest absolute Gasteiger partial charge is 0.452 e. The van der Waals surface area contributed by atoms with Gasteiger partial charge in [0.15, 0.2) is 6.61 Å². The van der Waals surface area contributed by atoms with Crippen molar-refractivity contribution in [3.8, 4) is 0 Å². The molecule has 3 atom stereocenters. The van der Waals surface area contributed by atoms with E-state index in [0.717, 1.165) is 19.3 Å². The third kappa shape index (κ3) is 5.74. The second-order valence-electron chi connectivity index (χ2n) is 7.75. The molecule has 0 saturated heterocycles. The second-order valence-corrected chi connectivity index (χ2v) is 10.1. The highest BCUT2D eigenvalue weighted by atomic mass is 35.5. The van der Waals surface area contributed by atoms with Gasteiger partial charge in [-0.3, -0.25) is 4.79 Å². The number of benzene rings is 1. The van der Waals surface area contributed by atoms with Crippen LogP contribution in [-0.4, -0.2) is 50.3 Å². The molecule has 0 heterocycles. The van der Waals surface area contributed by atoms with Crippen LogP contribution >= 0.6 is 11.6 Å². The number of nitrogens with zero attached hydrogens (tertiary/aromatic N) is 1. The molecule has 0 bridgehead atoms. The van der Waals surface area contributed by atoms with E-state index in [-0.39, 0.29) is 40.5 Å². The van der Waals surface area contributed by atoms with Gasteiger partial charge in [0.25, 0.3) is 5.91 Å². The average Bonchev–Trinajstić information content (AvgIpc) is 2.70. The zero-order chi connectivity index (χ0) is 22.5. The van der Waals surface area contributed by atoms with E-state index in [4.69, 9.17) is 16.3 Å². The van der Waals surface area contributed by atoms with Crippen molar-refractivity contribution in [1.82, 2.24) is 9.62 Å². The summed E-state index contributed by atoms with van der Waals surface area (Å²) >= 11 is 6.08. The Morgan fingerprint density at radius 3 is 2.50 bits per heavy atom. The lowest BCUT2D eigenvalue weighted by Crippen LogP contribution is -2.45. The fraction of sp³-hybridized carbons (Fsp3) is 0.619. The van der Waals surface area contributed by atoms with Gasteiger partial charge in [-0.05, 0) is 36.5 Å². The maximum Gasteiger partial charge on any atom is 0.338 e. The van der Waals surface area contributed by atoms with Crippen LogP contribution in [-0.2, 0) is 19.6 Å². The number of carbonyl (C=O) groups is 2. The standard InChI is InChI=1S/C21H31ClN2O5S/c1-5-24(6-2)30(27,28)19-12-16(10-11-17(19)22)21(26)29-13-20(25)23-18-9-7-8-14(3)15(18)4/h10-12,14-15,18H,5-9,13H2,1-4H3,(H,23,25)/t14-,15+,18+/m0/s1. The van der Waals surface area contributed by atoms with E-state index in [1.807, 2.05) is 0 Å². The van der Waals surface area contributed by atoms with E-state index in [2.05, 4.69) is 19.2 Å². The van der Waals surface area contributed by atoms with Crippen molar-refractivity contribution in [3.63, 3.8) is 0 Å². The van der Waals surface area contributed by atoms with Crippen molar-refractivity contribution in [1.29, 1.82) is 0 Å². The fourth-order valence-electron chi connectivity index (χ4n) is 3.78. The first-order valence-electron chi connectivity index (χ1n) is 10.4. The number of nitrogens with one attached hydrogen (secondary N) is 1. The summed E-state index contributed by atoms with van der Waals surface area (Å²) in [5, 5.41) is 2.97. The maximum atomic E-state index is 12.8. The summed E-state index contributed by atoms with van der Waals surface area (Å²) in [6.45, 7) is 7.88. The molecule has 7 nitrogen and oxygen atoms in total. The van der Waals surface area contributed by atoms with Crippen molar-refractivity contribution in [2.75, 3.05) is 19.7 Å². The van der Waals surface area contributed by atoms with Gasteiger partial charge in [-0.1, -0.05) is 52.1 Å². The van der Waals surface area contributed by atoms with Crippen LogP contribution in [0.25, 0.3) is 0 Å². The minimum absolute atomic E-state index is 0.0246. The highest BCUT2D eigenvalue weighted by Gasteiger charge is 2.29. The molecule has 1 aliphatic carbocycles. The number of rotatable bonds is 8. The molecule has 0 aromatic heterocycles. The van der Waals surface area contributed by atoms with E-state index in [0.29, 0.717) is 11.8 Å². The number of hydrogen-bond donors (Lipinski definition) is 1. The van der Waals surface area contributed by atoms with Gasteiger partial charge in [0.05, 0.1) is 10.6 Å². The molecule has 0 aliphatic heterocycles. The van der Waals surface area contributed by atoms with Gasteiger partial charge in [-0.25, -0.2) is 13.2 Å². The SMILES string of the molecule is CCN(CC)S(=O)(=O)c1cc(C(=O)OCC(=O)N[C@@H]2CCC[C@H](C)[C@H]2C)ccc1Cl. The van der Waals surface area contributed by atoms with Crippen molar-refractivity contribution in [3.05, 3.63) is 28.8 Å². The molecule has 1 saturated carbocycles. The first-order valence-corrected chi connectivity index (χ1v) is 12.2. The van der Waals surface area contributed by atoms with Crippen LogP contribution in [0.4, 0.5) is 0 Å². The van der Waals surface area contributed by atoms with E-state index in [1.165, 1.54) is 22.5 Å². The molecule has 1 N–H and O–H groups in total. The Labute approximate surface area is 184 Å². The Morgan fingerprint density at radius 1 is 1.20 bits per heavy atom. The molecule has 1 amide bonds. The minimum atomic E-state index is -3.84. The highest BCUT2D eigenvalue weighted by molar-refractivity contribution is 7.89. The third-order valence-electron chi connectivity index (χ3n) is 5.88.